The van der Waals surface area contributed by atoms with E-state index in [2.05, 4.69) is 4.74 Å². The molecule has 0 atom stereocenters. The zero-order valence-corrected chi connectivity index (χ0v) is 10.7. The predicted molar refractivity (Wildman–Crippen MR) is 68.8 cm³/mol. The van der Waals surface area contributed by atoms with E-state index in [9.17, 15) is 9.59 Å². The highest BCUT2D eigenvalue weighted by molar-refractivity contribution is 5.82. The fourth-order valence-corrected chi connectivity index (χ4v) is 1.54. The summed E-state index contributed by atoms with van der Waals surface area (Å²) in [4.78, 5) is 24.1. The van der Waals surface area contributed by atoms with E-state index < -0.39 is 5.97 Å². The number of rotatable bonds is 5. The van der Waals surface area contributed by atoms with E-state index in [0.717, 1.165) is 5.56 Å². The number of para-hydroxylation sites is 1. The summed E-state index contributed by atoms with van der Waals surface area (Å²) in [6.45, 7) is -0.0282. The van der Waals surface area contributed by atoms with Gasteiger partial charge in [-0.05, 0) is 18.1 Å². The lowest BCUT2D eigenvalue weighted by atomic mass is 10.1. The molecule has 0 fully saturated rings. The molecular formula is C13H18N2O3. The van der Waals surface area contributed by atoms with Crippen molar-refractivity contribution in [3.63, 3.8) is 0 Å². The summed E-state index contributed by atoms with van der Waals surface area (Å²) in [7, 11) is 2.87. The van der Waals surface area contributed by atoms with Gasteiger partial charge in [0, 0.05) is 19.2 Å². The van der Waals surface area contributed by atoms with Gasteiger partial charge in [-0.3, -0.25) is 9.59 Å². The summed E-state index contributed by atoms with van der Waals surface area (Å²) in [6, 6.07) is 7.43. The Morgan fingerprint density at radius 1 is 1.33 bits per heavy atom. The number of carbonyl (C=O) groups excluding carboxylic acids is 2. The number of nitrogens with two attached hydrogens (primary N) is 1. The zero-order chi connectivity index (χ0) is 13.5. The average Bonchev–Trinajstić information content (AvgIpc) is 2.37. The van der Waals surface area contributed by atoms with E-state index in [1.54, 1.807) is 13.1 Å². The second-order valence-corrected chi connectivity index (χ2v) is 4.02. The first-order valence-electron chi connectivity index (χ1n) is 5.68. The molecule has 0 radical (unpaired) electrons. The number of likely N-dealkylation sites (N-methyl/N-ethyl adjacent to an activating group) is 1. The Labute approximate surface area is 107 Å². The number of methoxy groups -OCH3 is 1. The van der Waals surface area contributed by atoms with Crippen molar-refractivity contribution in [1.29, 1.82) is 0 Å². The highest BCUT2D eigenvalue weighted by Gasteiger charge is 2.13. The maximum atomic E-state index is 11.8. The minimum Gasteiger partial charge on any atom is -0.468 e. The molecular weight excluding hydrogens is 232 g/mol. The zero-order valence-electron chi connectivity index (χ0n) is 10.7. The van der Waals surface area contributed by atoms with Gasteiger partial charge < -0.3 is 15.4 Å². The second kappa shape index (κ2) is 6.64. The molecule has 0 saturated carbocycles. The monoisotopic (exact) mass is 250 g/mol. The standard InChI is InChI=1S/C13H18N2O3/c1-15(9-13(17)18-2)12(16)8-7-10-5-3-4-6-11(10)14/h3-6H,7-9,14H2,1-2H3. The van der Waals surface area contributed by atoms with Gasteiger partial charge in [0.2, 0.25) is 5.91 Å². The lowest BCUT2D eigenvalue weighted by molar-refractivity contribution is -0.146. The lowest BCUT2D eigenvalue weighted by Crippen LogP contribution is -2.32. The van der Waals surface area contributed by atoms with Crippen LogP contribution in [0, 0.1) is 0 Å². The number of amides is 1. The molecule has 0 saturated heterocycles. The van der Waals surface area contributed by atoms with Gasteiger partial charge in [-0.25, -0.2) is 0 Å². The van der Waals surface area contributed by atoms with Gasteiger partial charge in [-0.15, -0.1) is 0 Å². The van der Waals surface area contributed by atoms with Crippen molar-refractivity contribution >= 4 is 17.6 Å². The molecule has 0 aliphatic heterocycles. The van der Waals surface area contributed by atoms with Gasteiger partial charge in [0.1, 0.15) is 6.54 Å². The number of nitrogens with zero attached hydrogens (tertiary/aromatic N) is 1. The summed E-state index contributed by atoms with van der Waals surface area (Å²) in [5, 5.41) is 0. The van der Waals surface area contributed by atoms with Crippen LogP contribution in [-0.4, -0.2) is 37.5 Å². The SMILES string of the molecule is COC(=O)CN(C)C(=O)CCc1ccccc1N. The molecule has 2 N–H and O–H groups in total. The van der Waals surface area contributed by atoms with Crippen LogP contribution in [0.1, 0.15) is 12.0 Å². The molecule has 0 bridgehead atoms. The molecule has 18 heavy (non-hydrogen) atoms. The van der Waals surface area contributed by atoms with Crippen LogP contribution in [0.2, 0.25) is 0 Å². The van der Waals surface area contributed by atoms with Crippen LogP contribution in [0.15, 0.2) is 24.3 Å². The number of nitrogen functional groups attached to an aromatic ring is 1. The Kier molecular flexibility index (Phi) is 5.17. The van der Waals surface area contributed by atoms with Crippen LogP contribution < -0.4 is 5.73 Å². The van der Waals surface area contributed by atoms with Crippen LogP contribution in [0.4, 0.5) is 5.69 Å². The number of aryl methyl sites for hydroxylation is 1. The summed E-state index contributed by atoms with van der Waals surface area (Å²) < 4.78 is 4.50. The Morgan fingerprint density at radius 2 is 2.00 bits per heavy atom. The number of carbonyl (C=O) groups is 2. The van der Waals surface area contributed by atoms with E-state index in [-0.39, 0.29) is 12.5 Å². The maximum Gasteiger partial charge on any atom is 0.325 e. The summed E-state index contributed by atoms with van der Waals surface area (Å²) in [6.07, 6.45) is 0.888. The number of ether oxygens (including phenoxy) is 1. The third-order valence-corrected chi connectivity index (χ3v) is 2.68. The Morgan fingerprint density at radius 3 is 2.61 bits per heavy atom. The van der Waals surface area contributed by atoms with Gasteiger partial charge in [0.05, 0.1) is 7.11 Å². The molecule has 0 heterocycles. The van der Waals surface area contributed by atoms with E-state index >= 15 is 0 Å². The summed E-state index contributed by atoms with van der Waals surface area (Å²) >= 11 is 0. The normalized spacial score (nSPS) is 9.89. The van der Waals surface area contributed by atoms with Crippen LogP contribution in [0.5, 0.6) is 0 Å². The van der Waals surface area contributed by atoms with Gasteiger partial charge >= 0.3 is 5.97 Å². The van der Waals surface area contributed by atoms with E-state index in [0.29, 0.717) is 18.5 Å². The van der Waals surface area contributed by atoms with Gasteiger partial charge in [0.25, 0.3) is 0 Å². The van der Waals surface area contributed by atoms with Crippen molar-refractivity contribution in [1.82, 2.24) is 4.90 Å². The summed E-state index contributed by atoms with van der Waals surface area (Å²) in [5.41, 5.74) is 7.41. The molecule has 0 aliphatic carbocycles. The largest absolute Gasteiger partial charge is 0.468 e. The fourth-order valence-electron chi connectivity index (χ4n) is 1.54. The lowest BCUT2D eigenvalue weighted by Gasteiger charge is -2.15. The molecule has 1 amide bonds. The first-order valence-corrected chi connectivity index (χ1v) is 5.68. The minimum atomic E-state index is -0.426. The summed E-state index contributed by atoms with van der Waals surface area (Å²) in [5.74, 6) is -0.534. The number of esters is 1. The van der Waals surface area contributed by atoms with Crippen LogP contribution >= 0.6 is 0 Å². The van der Waals surface area contributed by atoms with Crippen molar-refractivity contribution in [2.45, 2.75) is 12.8 Å². The number of benzene rings is 1. The molecule has 5 nitrogen and oxygen atoms in total. The second-order valence-electron chi connectivity index (χ2n) is 4.02. The maximum absolute atomic E-state index is 11.8. The van der Waals surface area contributed by atoms with Crippen LogP contribution in [0.25, 0.3) is 0 Å². The average molecular weight is 250 g/mol. The molecule has 1 aromatic carbocycles. The first kappa shape index (κ1) is 14.0. The fraction of sp³-hybridized carbons (Fsp3) is 0.385. The Balaban J connectivity index is 2.46. The molecule has 0 spiro atoms. The van der Waals surface area contributed by atoms with Crippen molar-refractivity contribution in [3.05, 3.63) is 29.8 Å². The molecule has 5 heteroatoms. The Hall–Kier alpha value is -2.04. The molecule has 98 valence electrons. The van der Waals surface area contributed by atoms with E-state index in [1.165, 1.54) is 12.0 Å². The minimum absolute atomic E-state index is 0.0282. The highest BCUT2D eigenvalue weighted by atomic mass is 16.5. The van der Waals surface area contributed by atoms with Crippen molar-refractivity contribution < 1.29 is 14.3 Å². The molecule has 0 aromatic heterocycles. The topological polar surface area (TPSA) is 72.6 Å². The smallest absolute Gasteiger partial charge is 0.325 e. The van der Waals surface area contributed by atoms with Gasteiger partial charge in [-0.2, -0.15) is 0 Å². The van der Waals surface area contributed by atoms with E-state index in [1.807, 2.05) is 18.2 Å². The third kappa shape index (κ3) is 4.08. The molecule has 1 rings (SSSR count). The Bertz CT molecular complexity index is 432. The number of hydrogen-bond donors (Lipinski definition) is 1. The van der Waals surface area contributed by atoms with Gasteiger partial charge in [-0.1, -0.05) is 18.2 Å². The van der Waals surface area contributed by atoms with Crippen LogP contribution in [0.3, 0.4) is 0 Å². The van der Waals surface area contributed by atoms with Crippen molar-refractivity contribution in [2.24, 2.45) is 0 Å². The third-order valence-electron chi connectivity index (χ3n) is 2.68. The van der Waals surface area contributed by atoms with Gasteiger partial charge in [0.15, 0.2) is 0 Å². The molecule has 0 aliphatic rings. The highest BCUT2D eigenvalue weighted by Crippen LogP contribution is 2.13. The first-order chi connectivity index (χ1) is 8.54. The van der Waals surface area contributed by atoms with E-state index in [4.69, 9.17) is 5.73 Å². The van der Waals surface area contributed by atoms with Crippen molar-refractivity contribution in [3.8, 4) is 0 Å². The number of hydrogen-bond acceptors (Lipinski definition) is 4. The molecule has 0 unspecified atom stereocenters. The number of anilines is 1. The molecule has 1 aromatic rings. The quantitative estimate of drug-likeness (QED) is 0.620. The van der Waals surface area contributed by atoms with Crippen molar-refractivity contribution in [2.75, 3.05) is 26.4 Å². The predicted octanol–water partition coefficient (Wildman–Crippen LogP) is 0.833. The van der Waals surface area contributed by atoms with Crippen LogP contribution in [-0.2, 0) is 20.7 Å².